The highest BCUT2D eigenvalue weighted by Gasteiger charge is 2.43. The fourth-order valence-electron chi connectivity index (χ4n) is 5.36. The van der Waals surface area contributed by atoms with E-state index in [4.69, 9.17) is 0 Å². The van der Waals surface area contributed by atoms with Crippen LogP contribution >= 0.6 is 0 Å². The minimum atomic E-state index is -0.865. The molecule has 132 valence electrons. The summed E-state index contributed by atoms with van der Waals surface area (Å²) in [5.41, 5.74) is 3.08. The van der Waals surface area contributed by atoms with E-state index in [0.29, 0.717) is 17.2 Å². The summed E-state index contributed by atoms with van der Waals surface area (Å²) in [6, 6.07) is 0.509. The molecule has 0 amide bonds. The van der Waals surface area contributed by atoms with Crippen molar-refractivity contribution in [3.63, 3.8) is 0 Å². The van der Waals surface area contributed by atoms with Crippen molar-refractivity contribution < 1.29 is 9.90 Å². The van der Waals surface area contributed by atoms with Gasteiger partial charge in [0.25, 0.3) is 0 Å². The Morgan fingerprint density at radius 3 is 2.83 bits per heavy atom. The molecule has 24 heavy (non-hydrogen) atoms. The zero-order valence-electron chi connectivity index (χ0n) is 14.8. The Kier molecular flexibility index (Phi) is 4.15. The standard InChI is InChI=1S/C19H29N3O2/c1-2-10-22-16-6-5-14(12-15(16)17(20-22)18(23)24)21-11-9-19(13-21)7-3-4-8-19/h14H,2-13H2,1H3,(H,23,24). The van der Waals surface area contributed by atoms with Crippen LogP contribution in [0.1, 0.15) is 73.6 Å². The third-order valence-corrected chi connectivity index (χ3v) is 6.61. The summed E-state index contributed by atoms with van der Waals surface area (Å²) >= 11 is 0. The molecule has 0 bridgehead atoms. The second-order valence-electron chi connectivity index (χ2n) is 8.13. The molecule has 1 saturated heterocycles. The van der Waals surface area contributed by atoms with E-state index in [0.717, 1.165) is 37.8 Å². The Balaban J connectivity index is 1.54. The maximum Gasteiger partial charge on any atom is 0.356 e. The highest BCUT2D eigenvalue weighted by Crippen LogP contribution is 2.46. The molecule has 1 saturated carbocycles. The van der Waals surface area contributed by atoms with Gasteiger partial charge in [-0.05, 0) is 56.9 Å². The van der Waals surface area contributed by atoms with Gasteiger partial charge in [-0.3, -0.25) is 9.58 Å². The van der Waals surface area contributed by atoms with Gasteiger partial charge in [0.2, 0.25) is 0 Å². The molecular weight excluding hydrogens is 302 g/mol. The first kappa shape index (κ1) is 16.1. The normalized spacial score (nSPS) is 26.1. The van der Waals surface area contributed by atoms with Crippen molar-refractivity contribution in [1.29, 1.82) is 0 Å². The predicted octanol–water partition coefficient (Wildman–Crippen LogP) is 3.11. The van der Waals surface area contributed by atoms with Gasteiger partial charge < -0.3 is 5.11 Å². The summed E-state index contributed by atoms with van der Waals surface area (Å²) in [6.07, 6.45) is 10.9. The summed E-state index contributed by atoms with van der Waals surface area (Å²) in [5.74, 6) is -0.865. The Labute approximate surface area is 144 Å². The fraction of sp³-hybridized carbons (Fsp3) is 0.789. The van der Waals surface area contributed by atoms with E-state index in [1.54, 1.807) is 0 Å². The lowest BCUT2D eigenvalue weighted by atomic mass is 9.85. The maximum atomic E-state index is 11.6. The van der Waals surface area contributed by atoms with Gasteiger partial charge >= 0.3 is 5.97 Å². The van der Waals surface area contributed by atoms with E-state index in [2.05, 4.69) is 16.9 Å². The van der Waals surface area contributed by atoms with Gasteiger partial charge in [-0.1, -0.05) is 19.8 Å². The van der Waals surface area contributed by atoms with E-state index in [-0.39, 0.29) is 0 Å². The molecule has 2 fully saturated rings. The van der Waals surface area contributed by atoms with Crippen LogP contribution in [-0.2, 0) is 19.4 Å². The van der Waals surface area contributed by atoms with E-state index in [1.165, 1.54) is 50.9 Å². The summed E-state index contributed by atoms with van der Waals surface area (Å²) in [5, 5.41) is 14.0. The second-order valence-corrected chi connectivity index (χ2v) is 8.13. The van der Waals surface area contributed by atoms with Crippen molar-refractivity contribution in [2.75, 3.05) is 13.1 Å². The molecule has 2 aliphatic carbocycles. The third-order valence-electron chi connectivity index (χ3n) is 6.61. The average Bonchev–Trinajstić information content (AvgIpc) is 3.28. The van der Waals surface area contributed by atoms with E-state index < -0.39 is 5.97 Å². The fourth-order valence-corrected chi connectivity index (χ4v) is 5.36. The van der Waals surface area contributed by atoms with Gasteiger partial charge in [0.1, 0.15) is 0 Å². The zero-order chi connectivity index (χ0) is 16.7. The van der Waals surface area contributed by atoms with Crippen molar-refractivity contribution in [2.24, 2.45) is 5.41 Å². The number of aryl methyl sites for hydroxylation is 1. The first-order chi connectivity index (χ1) is 11.6. The lowest BCUT2D eigenvalue weighted by Gasteiger charge is -2.33. The van der Waals surface area contributed by atoms with E-state index in [1.807, 2.05) is 4.68 Å². The molecule has 1 unspecified atom stereocenters. The summed E-state index contributed by atoms with van der Waals surface area (Å²) < 4.78 is 1.96. The highest BCUT2D eigenvalue weighted by atomic mass is 16.4. The minimum Gasteiger partial charge on any atom is -0.476 e. The number of fused-ring (bicyclic) bond motifs is 1. The number of likely N-dealkylation sites (tertiary alicyclic amines) is 1. The van der Waals surface area contributed by atoms with Crippen LogP contribution in [0, 0.1) is 5.41 Å². The molecular formula is C19H29N3O2. The number of carboxylic acid groups (broad SMARTS) is 1. The maximum absolute atomic E-state index is 11.6. The molecule has 1 N–H and O–H groups in total. The van der Waals surface area contributed by atoms with Crippen LogP contribution < -0.4 is 0 Å². The largest absolute Gasteiger partial charge is 0.476 e. The number of hydrogen-bond donors (Lipinski definition) is 1. The van der Waals surface area contributed by atoms with Crippen molar-refractivity contribution in [1.82, 2.24) is 14.7 Å². The molecule has 1 aliphatic heterocycles. The van der Waals surface area contributed by atoms with Crippen LogP contribution in [0.4, 0.5) is 0 Å². The van der Waals surface area contributed by atoms with Gasteiger partial charge in [0.05, 0.1) is 0 Å². The quantitative estimate of drug-likeness (QED) is 0.921. The number of carboxylic acids is 1. The van der Waals surface area contributed by atoms with Crippen molar-refractivity contribution in [2.45, 2.75) is 77.3 Å². The zero-order valence-corrected chi connectivity index (χ0v) is 14.8. The molecule has 0 aromatic carbocycles. The van der Waals surface area contributed by atoms with Gasteiger partial charge in [-0.15, -0.1) is 0 Å². The van der Waals surface area contributed by atoms with E-state index >= 15 is 0 Å². The van der Waals surface area contributed by atoms with Crippen molar-refractivity contribution in [3.8, 4) is 0 Å². The van der Waals surface area contributed by atoms with Gasteiger partial charge in [0.15, 0.2) is 5.69 Å². The molecule has 3 aliphatic rings. The molecule has 4 rings (SSSR count). The van der Waals surface area contributed by atoms with Crippen LogP contribution in [0.5, 0.6) is 0 Å². The Hall–Kier alpha value is -1.36. The summed E-state index contributed by atoms with van der Waals surface area (Å²) in [7, 11) is 0. The van der Waals surface area contributed by atoms with Crippen LogP contribution in [0.25, 0.3) is 0 Å². The second kappa shape index (κ2) is 6.17. The van der Waals surface area contributed by atoms with Gasteiger partial charge in [-0.2, -0.15) is 5.10 Å². The predicted molar refractivity (Wildman–Crippen MR) is 92.4 cm³/mol. The molecule has 2 heterocycles. The number of nitrogens with zero attached hydrogens (tertiary/aromatic N) is 3. The first-order valence-electron chi connectivity index (χ1n) is 9.68. The van der Waals surface area contributed by atoms with Gasteiger partial charge in [-0.25, -0.2) is 4.79 Å². The van der Waals surface area contributed by atoms with Crippen LogP contribution in [0.15, 0.2) is 0 Å². The number of aromatic carboxylic acids is 1. The Morgan fingerprint density at radius 1 is 1.33 bits per heavy atom. The van der Waals surface area contributed by atoms with Crippen LogP contribution in [0.2, 0.25) is 0 Å². The van der Waals surface area contributed by atoms with Crippen molar-refractivity contribution in [3.05, 3.63) is 17.0 Å². The molecule has 5 heteroatoms. The van der Waals surface area contributed by atoms with Gasteiger partial charge in [0, 0.05) is 30.4 Å². The Morgan fingerprint density at radius 2 is 2.12 bits per heavy atom. The molecule has 1 atom stereocenters. The summed E-state index contributed by atoms with van der Waals surface area (Å²) in [4.78, 5) is 14.3. The van der Waals surface area contributed by atoms with Crippen LogP contribution in [-0.4, -0.2) is 44.9 Å². The number of hydrogen-bond acceptors (Lipinski definition) is 3. The lowest BCUT2D eigenvalue weighted by molar-refractivity contribution is 0.0687. The first-order valence-corrected chi connectivity index (χ1v) is 9.68. The topological polar surface area (TPSA) is 58.4 Å². The molecule has 0 radical (unpaired) electrons. The highest BCUT2D eigenvalue weighted by molar-refractivity contribution is 5.87. The summed E-state index contributed by atoms with van der Waals surface area (Å²) in [6.45, 7) is 5.38. The average molecular weight is 331 g/mol. The Bertz CT molecular complexity index is 631. The number of aromatic nitrogens is 2. The molecule has 1 aromatic rings. The number of rotatable bonds is 4. The van der Waals surface area contributed by atoms with Crippen LogP contribution in [0.3, 0.4) is 0 Å². The van der Waals surface area contributed by atoms with Crippen molar-refractivity contribution >= 4 is 5.97 Å². The lowest BCUT2D eigenvalue weighted by Crippen LogP contribution is -2.39. The smallest absolute Gasteiger partial charge is 0.356 e. The van der Waals surface area contributed by atoms with E-state index in [9.17, 15) is 9.90 Å². The molecule has 1 spiro atoms. The molecule has 5 nitrogen and oxygen atoms in total. The minimum absolute atomic E-state index is 0.304. The monoisotopic (exact) mass is 331 g/mol. The SMILES string of the molecule is CCCn1nc(C(=O)O)c2c1CCC(N1CCC3(CCCC3)C1)C2. The third kappa shape index (κ3) is 2.67. The number of carbonyl (C=O) groups is 1. The molecule has 1 aromatic heterocycles.